The topological polar surface area (TPSA) is 31.4 Å². The van der Waals surface area contributed by atoms with Crippen molar-refractivity contribution in [1.29, 1.82) is 0 Å². The van der Waals surface area contributed by atoms with Crippen LogP contribution in [0.2, 0.25) is 5.15 Å². The van der Waals surface area contributed by atoms with Gasteiger partial charge in [-0.1, -0.05) is 29.8 Å². The Morgan fingerprint density at radius 3 is 2.78 bits per heavy atom. The van der Waals surface area contributed by atoms with E-state index >= 15 is 0 Å². The third-order valence-electron chi connectivity index (χ3n) is 2.46. The molecule has 94 valence electrons. The molecule has 3 nitrogen and oxygen atoms in total. The molecule has 0 fully saturated rings. The first-order chi connectivity index (χ1) is 8.78. The summed E-state index contributed by atoms with van der Waals surface area (Å²) < 4.78 is 10.7. The standard InChI is InChI=1S/C14H14ClNO2/c1-17-12-5-2-4-11(10-12)8-9-18-14-7-3-6-13(15)16-14/h2-7,10H,8-9H2,1H3. The quantitative estimate of drug-likeness (QED) is 0.775. The van der Waals surface area contributed by atoms with E-state index in [1.165, 1.54) is 0 Å². The van der Waals surface area contributed by atoms with Crippen LogP contribution in [0.3, 0.4) is 0 Å². The van der Waals surface area contributed by atoms with Crippen LogP contribution in [-0.4, -0.2) is 18.7 Å². The van der Waals surface area contributed by atoms with Gasteiger partial charge >= 0.3 is 0 Å². The molecule has 0 unspecified atom stereocenters. The van der Waals surface area contributed by atoms with Crippen molar-refractivity contribution in [3.05, 3.63) is 53.2 Å². The second-order valence-electron chi connectivity index (χ2n) is 3.75. The molecule has 4 heteroatoms. The SMILES string of the molecule is COc1cccc(CCOc2cccc(Cl)n2)c1. The monoisotopic (exact) mass is 263 g/mol. The van der Waals surface area contributed by atoms with Crippen molar-refractivity contribution < 1.29 is 9.47 Å². The molecule has 0 bridgehead atoms. The fourth-order valence-corrected chi connectivity index (χ4v) is 1.73. The number of methoxy groups -OCH3 is 1. The summed E-state index contributed by atoms with van der Waals surface area (Å²) in [5.74, 6) is 1.40. The number of hydrogen-bond donors (Lipinski definition) is 0. The zero-order valence-corrected chi connectivity index (χ0v) is 10.9. The highest BCUT2D eigenvalue weighted by molar-refractivity contribution is 6.29. The molecule has 1 aromatic heterocycles. The Balaban J connectivity index is 1.88. The molecule has 0 saturated carbocycles. The molecule has 0 spiro atoms. The number of nitrogens with zero attached hydrogens (tertiary/aromatic N) is 1. The summed E-state index contributed by atoms with van der Waals surface area (Å²) in [5, 5.41) is 0.439. The number of ether oxygens (including phenoxy) is 2. The van der Waals surface area contributed by atoms with E-state index in [4.69, 9.17) is 21.1 Å². The van der Waals surface area contributed by atoms with Crippen LogP contribution in [0.5, 0.6) is 11.6 Å². The van der Waals surface area contributed by atoms with E-state index in [1.807, 2.05) is 30.3 Å². The average Bonchev–Trinajstić information content (AvgIpc) is 2.39. The third kappa shape index (κ3) is 3.64. The van der Waals surface area contributed by atoms with Crippen LogP contribution < -0.4 is 9.47 Å². The predicted molar refractivity (Wildman–Crippen MR) is 71.4 cm³/mol. The molecule has 0 saturated heterocycles. The van der Waals surface area contributed by atoms with Gasteiger partial charge in [0.25, 0.3) is 0 Å². The van der Waals surface area contributed by atoms with E-state index in [2.05, 4.69) is 4.98 Å². The molecule has 2 rings (SSSR count). The Morgan fingerprint density at radius 2 is 2.00 bits per heavy atom. The van der Waals surface area contributed by atoms with Gasteiger partial charge in [0.05, 0.1) is 13.7 Å². The highest BCUT2D eigenvalue weighted by atomic mass is 35.5. The van der Waals surface area contributed by atoms with Gasteiger partial charge in [-0.05, 0) is 23.8 Å². The van der Waals surface area contributed by atoms with Gasteiger partial charge in [-0.3, -0.25) is 0 Å². The van der Waals surface area contributed by atoms with E-state index < -0.39 is 0 Å². The number of rotatable bonds is 5. The lowest BCUT2D eigenvalue weighted by Gasteiger charge is -2.06. The summed E-state index contributed by atoms with van der Waals surface area (Å²) >= 11 is 5.77. The van der Waals surface area contributed by atoms with Crippen LogP contribution in [0.15, 0.2) is 42.5 Å². The van der Waals surface area contributed by atoms with E-state index in [0.717, 1.165) is 17.7 Å². The maximum Gasteiger partial charge on any atom is 0.214 e. The van der Waals surface area contributed by atoms with Crippen LogP contribution in [0, 0.1) is 0 Å². The van der Waals surface area contributed by atoms with E-state index in [1.54, 1.807) is 19.2 Å². The fourth-order valence-electron chi connectivity index (χ4n) is 1.57. The van der Waals surface area contributed by atoms with Gasteiger partial charge in [-0.2, -0.15) is 0 Å². The summed E-state index contributed by atoms with van der Waals surface area (Å²) in [6, 6.07) is 13.2. The summed E-state index contributed by atoms with van der Waals surface area (Å²) in [7, 11) is 1.66. The normalized spacial score (nSPS) is 10.1. The third-order valence-corrected chi connectivity index (χ3v) is 2.67. The van der Waals surface area contributed by atoms with Gasteiger partial charge in [-0.15, -0.1) is 0 Å². The Labute approximate surface area is 111 Å². The maximum atomic E-state index is 5.77. The smallest absolute Gasteiger partial charge is 0.214 e. The first-order valence-corrected chi connectivity index (χ1v) is 6.04. The Hall–Kier alpha value is -1.74. The Morgan fingerprint density at radius 1 is 1.17 bits per heavy atom. The van der Waals surface area contributed by atoms with Crippen LogP contribution in [0.4, 0.5) is 0 Å². The van der Waals surface area contributed by atoms with Crippen LogP contribution >= 0.6 is 11.6 Å². The van der Waals surface area contributed by atoms with Crippen molar-refractivity contribution >= 4 is 11.6 Å². The lowest BCUT2D eigenvalue weighted by atomic mass is 10.1. The zero-order chi connectivity index (χ0) is 12.8. The predicted octanol–water partition coefficient (Wildman–Crippen LogP) is 3.37. The maximum absolute atomic E-state index is 5.77. The molecular formula is C14H14ClNO2. The van der Waals surface area contributed by atoms with Crippen molar-refractivity contribution in [1.82, 2.24) is 4.98 Å². The van der Waals surface area contributed by atoms with Gasteiger partial charge in [0.15, 0.2) is 0 Å². The first-order valence-electron chi connectivity index (χ1n) is 5.66. The minimum absolute atomic E-state index is 0.439. The second-order valence-corrected chi connectivity index (χ2v) is 4.14. The number of pyridine rings is 1. The van der Waals surface area contributed by atoms with Crippen molar-refractivity contribution in [2.75, 3.05) is 13.7 Å². The largest absolute Gasteiger partial charge is 0.497 e. The summed E-state index contributed by atoms with van der Waals surface area (Å²) in [4.78, 5) is 4.06. The molecular weight excluding hydrogens is 250 g/mol. The first kappa shape index (κ1) is 12.7. The molecule has 0 aliphatic heterocycles. The Bertz CT molecular complexity index is 517. The summed E-state index contributed by atoms with van der Waals surface area (Å²) in [6.07, 6.45) is 0.797. The van der Waals surface area contributed by atoms with E-state index in [0.29, 0.717) is 17.6 Å². The van der Waals surface area contributed by atoms with Gasteiger partial charge < -0.3 is 9.47 Å². The number of aromatic nitrogens is 1. The number of hydrogen-bond acceptors (Lipinski definition) is 3. The van der Waals surface area contributed by atoms with Gasteiger partial charge in [-0.25, -0.2) is 4.98 Å². The minimum Gasteiger partial charge on any atom is -0.497 e. The fraction of sp³-hybridized carbons (Fsp3) is 0.214. The summed E-state index contributed by atoms with van der Waals surface area (Å²) in [5.41, 5.74) is 1.16. The zero-order valence-electron chi connectivity index (χ0n) is 10.1. The lowest BCUT2D eigenvalue weighted by molar-refractivity contribution is 0.309. The second kappa shape index (κ2) is 6.26. The van der Waals surface area contributed by atoms with Crippen molar-refractivity contribution in [2.45, 2.75) is 6.42 Å². The van der Waals surface area contributed by atoms with E-state index in [-0.39, 0.29) is 0 Å². The molecule has 1 aromatic carbocycles. The average molecular weight is 264 g/mol. The van der Waals surface area contributed by atoms with Crippen molar-refractivity contribution in [3.8, 4) is 11.6 Å². The van der Waals surface area contributed by atoms with Crippen molar-refractivity contribution in [2.24, 2.45) is 0 Å². The molecule has 18 heavy (non-hydrogen) atoms. The molecule has 1 heterocycles. The van der Waals surface area contributed by atoms with Crippen molar-refractivity contribution in [3.63, 3.8) is 0 Å². The highest BCUT2D eigenvalue weighted by Crippen LogP contribution is 2.14. The van der Waals surface area contributed by atoms with Crippen LogP contribution in [-0.2, 0) is 6.42 Å². The highest BCUT2D eigenvalue weighted by Gasteiger charge is 1.99. The molecule has 0 radical (unpaired) electrons. The summed E-state index contributed by atoms with van der Waals surface area (Å²) in [6.45, 7) is 0.556. The number of halogens is 1. The lowest BCUT2D eigenvalue weighted by Crippen LogP contribution is -2.02. The Kier molecular flexibility index (Phi) is 4.42. The van der Waals surface area contributed by atoms with Gasteiger partial charge in [0.1, 0.15) is 10.9 Å². The minimum atomic E-state index is 0.439. The molecule has 0 aliphatic carbocycles. The van der Waals surface area contributed by atoms with Crippen LogP contribution in [0.1, 0.15) is 5.56 Å². The molecule has 0 atom stereocenters. The number of benzene rings is 1. The van der Waals surface area contributed by atoms with Gasteiger partial charge in [0, 0.05) is 12.5 Å². The molecule has 0 amide bonds. The van der Waals surface area contributed by atoms with Gasteiger partial charge in [0.2, 0.25) is 5.88 Å². The molecule has 0 aliphatic rings. The van der Waals surface area contributed by atoms with E-state index in [9.17, 15) is 0 Å². The van der Waals surface area contributed by atoms with Crippen LogP contribution in [0.25, 0.3) is 0 Å². The molecule has 2 aromatic rings. The molecule has 0 N–H and O–H groups in total.